The Hall–Kier alpha value is -2.14. The molecule has 0 aliphatic rings. The third-order valence-corrected chi connectivity index (χ3v) is 2.45. The monoisotopic (exact) mass is 281 g/mol. The van der Waals surface area contributed by atoms with E-state index in [1.54, 1.807) is 6.07 Å². The van der Waals surface area contributed by atoms with Crippen molar-refractivity contribution in [2.24, 2.45) is 0 Å². The molecule has 0 atom stereocenters. The molecule has 0 saturated heterocycles. The fourth-order valence-corrected chi connectivity index (χ4v) is 1.65. The van der Waals surface area contributed by atoms with Crippen LogP contribution in [0.5, 0.6) is 11.6 Å². The van der Waals surface area contributed by atoms with Crippen molar-refractivity contribution >= 4 is 17.6 Å². The number of rotatable bonds is 3. The minimum absolute atomic E-state index is 0.0241. The van der Waals surface area contributed by atoms with Crippen molar-refractivity contribution in [1.29, 1.82) is 0 Å². The Morgan fingerprint density at radius 3 is 2.84 bits per heavy atom. The Morgan fingerprint density at radius 1 is 1.37 bits per heavy atom. The highest BCUT2D eigenvalue weighted by atomic mass is 35.5. The Balaban J connectivity index is 2.35. The number of methoxy groups -OCH3 is 1. The molecule has 0 bridgehead atoms. The van der Waals surface area contributed by atoms with Crippen molar-refractivity contribution in [3.05, 3.63) is 52.9 Å². The highest BCUT2D eigenvalue weighted by Gasteiger charge is 2.14. The number of carbonyl (C=O) groups is 1. The van der Waals surface area contributed by atoms with Gasteiger partial charge in [-0.05, 0) is 24.3 Å². The highest BCUT2D eigenvalue weighted by Crippen LogP contribution is 2.26. The van der Waals surface area contributed by atoms with Gasteiger partial charge in [-0.15, -0.1) is 0 Å². The number of aromatic nitrogens is 1. The number of nitrogens with zero attached hydrogens (tertiary/aromatic N) is 1. The summed E-state index contributed by atoms with van der Waals surface area (Å²) in [4.78, 5) is 15.4. The van der Waals surface area contributed by atoms with Crippen LogP contribution in [0.2, 0.25) is 5.02 Å². The van der Waals surface area contributed by atoms with Crippen LogP contribution >= 0.6 is 11.6 Å². The lowest BCUT2D eigenvalue weighted by Gasteiger charge is -2.08. The minimum atomic E-state index is -0.592. The summed E-state index contributed by atoms with van der Waals surface area (Å²) in [5.74, 6) is -0.964. The molecule has 1 aromatic carbocycles. The average molecular weight is 282 g/mol. The Bertz CT molecular complexity index is 598. The van der Waals surface area contributed by atoms with Crippen molar-refractivity contribution < 1.29 is 18.7 Å². The molecule has 0 aliphatic heterocycles. The van der Waals surface area contributed by atoms with Gasteiger partial charge in [-0.25, -0.2) is 14.2 Å². The molecule has 2 rings (SSSR count). The third kappa shape index (κ3) is 3.20. The second kappa shape index (κ2) is 5.67. The number of carbonyl (C=O) groups excluding carboxylic acids is 1. The molecular weight excluding hydrogens is 273 g/mol. The Labute approximate surface area is 113 Å². The lowest BCUT2D eigenvalue weighted by Crippen LogP contribution is -2.04. The van der Waals surface area contributed by atoms with Crippen molar-refractivity contribution in [3.63, 3.8) is 0 Å². The van der Waals surface area contributed by atoms with Gasteiger partial charge in [-0.1, -0.05) is 11.6 Å². The maximum atomic E-state index is 13.2. The maximum absolute atomic E-state index is 13.2. The highest BCUT2D eigenvalue weighted by molar-refractivity contribution is 6.30. The maximum Gasteiger partial charge on any atom is 0.343 e. The van der Waals surface area contributed by atoms with E-state index in [4.69, 9.17) is 16.3 Å². The summed E-state index contributed by atoms with van der Waals surface area (Å²) < 4.78 is 23.1. The van der Waals surface area contributed by atoms with Gasteiger partial charge >= 0.3 is 5.97 Å². The molecule has 0 N–H and O–H groups in total. The van der Waals surface area contributed by atoms with Crippen LogP contribution in [0.4, 0.5) is 4.39 Å². The van der Waals surface area contributed by atoms with Gasteiger partial charge in [0.15, 0.2) is 0 Å². The van der Waals surface area contributed by atoms with Gasteiger partial charge in [-0.3, -0.25) is 0 Å². The quantitative estimate of drug-likeness (QED) is 0.809. The molecule has 98 valence electrons. The Kier molecular flexibility index (Phi) is 3.97. The number of hydrogen-bond donors (Lipinski definition) is 0. The average Bonchev–Trinajstić information content (AvgIpc) is 2.37. The molecule has 0 amide bonds. The van der Waals surface area contributed by atoms with E-state index in [1.807, 2.05) is 0 Å². The minimum Gasteiger partial charge on any atom is -0.465 e. The SMILES string of the molecule is COC(=O)c1cccnc1Oc1cc(F)cc(Cl)c1. The topological polar surface area (TPSA) is 48.4 Å². The molecule has 0 saturated carbocycles. The van der Waals surface area contributed by atoms with E-state index < -0.39 is 11.8 Å². The molecule has 1 heterocycles. The van der Waals surface area contributed by atoms with Crippen LogP contribution in [0, 0.1) is 5.82 Å². The number of hydrogen-bond acceptors (Lipinski definition) is 4. The van der Waals surface area contributed by atoms with Gasteiger partial charge in [0.1, 0.15) is 17.1 Å². The van der Waals surface area contributed by atoms with Gasteiger partial charge in [0, 0.05) is 17.3 Å². The molecule has 0 unspecified atom stereocenters. The molecule has 6 heteroatoms. The number of pyridine rings is 1. The summed E-state index contributed by atoms with van der Waals surface area (Å²) >= 11 is 5.71. The summed E-state index contributed by atoms with van der Waals surface area (Å²) in [5, 5.41) is 0.186. The molecular formula is C13H9ClFNO3. The first kappa shape index (κ1) is 13.3. The first-order valence-electron chi connectivity index (χ1n) is 5.27. The molecule has 0 radical (unpaired) electrons. The van der Waals surface area contributed by atoms with Crippen molar-refractivity contribution in [3.8, 4) is 11.6 Å². The molecule has 19 heavy (non-hydrogen) atoms. The summed E-state index contributed by atoms with van der Waals surface area (Å²) in [6.07, 6.45) is 1.45. The van der Waals surface area contributed by atoms with Gasteiger partial charge in [0.05, 0.1) is 7.11 Å². The molecule has 0 spiro atoms. The van der Waals surface area contributed by atoms with Gasteiger partial charge < -0.3 is 9.47 Å². The molecule has 0 fully saturated rings. The Morgan fingerprint density at radius 2 is 2.16 bits per heavy atom. The summed E-state index contributed by atoms with van der Waals surface area (Å²) in [6.45, 7) is 0. The van der Waals surface area contributed by atoms with Crippen LogP contribution in [0.3, 0.4) is 0 Å². The molecule has 1 aromatic heterocycles. The first-order valence-corrected chi connectivity index (χ1v) is 5.65. The third-order valence-electron chi connectivity index (χ3n) is 2.23. The predicted molar refractivity (Wildman–Crippen MR) is 67.1 cm³/mol. The fourth-order valence-electron chi connectivity index (χ4n) is 1.44. The second-order valence-corrected chi connectivity index (χ2v) is 3.99. The zero-order chi connectivity index (χ0) is 13.8. The summed E-state index contributed by atoms with van der Waals surface area (Å²) in [7, 11) is 1.25. The van der Waals surface area contributed by atoms with Crippen LogP contribution in [-0.4, -0.2) is 18.1 Å². The number of benzene rings is 1. The van der Waals surface area contributed by atoms with E-state index in [2.05, 4.69) is 9.72 Å². The van der Waals surface area contributed by atoms with Crippen LogP contribution in [0.25, 0.3) is 0 Å². The number of halogens is 2. The van der Waals surface area contributed by atoms with Crippen LogP contribution < -0.4 is 4.74 Å². The van der Waals surface area contributed by atoms with Crippen LogP contribution in [-0.2, 0) is 4.74 Å². The van der Waals surface area contributed by atoms with E-state index in [0.29, 0.717) is 0 Å². The molecule has 2 aromatic rings. The van der Waals surface area contributed by atoms with E-state index >= 15 is 0 Å². The lowest BCUT2D eigenvalue weighted by molar-refractivity contribution is 0.0597. The van der Waals surface area contributed by atoms with Crippen molar-refractivity contribution in [1.82, 2.24) is 4.98 Å². The molecule has 0 aliphatic carbocycles. The van der Waals surface area contributed by atoms with E-state index in [-0.39, 0.29) is 22.2 Å². The van der Waals surface area contributed by atoms with E-state index in [9.17, 15) is 9.18 Å². The zero-order valence-corrected chi connectivity index (χ0v) is 10.6. The smallest absolute Gasteiger partial charge is 0.343 e. The van der Waals surface area contributed by atoms with Crippen LogP contribution in [0.15, 0.2) is 36.5 Å². The van der Waals surface area contributed by atoms with Gasteiger partial charge in [0.2, 0.25) is 5.88 Å². The predicted octanol–water partition coefficient (Wildman–Crippen LogP) is 3.45. The summed E-state index contributed by atoms with van der Waals surface area (Å²) in [5.41, 5.74) is 0.144. The molecule has 4 nitrogen and oxygen atoms in total. The van der Waals surface area contributed by atoms with E-state index in [0.717, 1.165) is 12.1 Å². The second-order valence-electron chi connectivity index (χ2n) is 3.55. The summed E-state index contributed by atoms with van der Waals surface area (Å²) in [6, 6.07) is 6.77. The van der Waals surface area contributed by atoms with E-state index in [1.165, 1.54) is 25.4 Å². The van der Waals surface area contributed by atoms with Crippen molar-refractivity contribution in [2.75, 3.05) is 7.11 Å². The normalized spacial score (nSPS) is 10.1. The lowest BCUT2D eigenvalue weighted by atomic mass is 10.2. The van der Waals surface area contributed by atoms with Crippen molar-refractivity contribution in [2.45, 2.75) is 0 Å². The number of esters is 1. The number of ether oxygens (including phenoxy) is 2. The van der Waals surface area contributed by atoms with Crippen LogP contribution in [0.1, 0.15) is 10.4 Å². The standard InChI is InChI=1S/C13H9ClFNO3/c1-18-13(17)11-3-2-4-16-12(11)19-10-6-8(14)5-9(15)7-10/h2-7H,1H3. The van der Waals surface area contributed by atoms with Gasteiger partial charge in [0.25, 0.3) is 0 Å². The fraction of sp³-hybridized carbons (Fsp3) is 0.0769. The largest absolute Gasteiger partial charge is 0.465 e. The first-order chi connectivity index (χ1) is 9.10. The van der Waals surface area contributed by atoms with Gasteiger partial charge in [-0.2, -0.15) is 0 Å². The zero-order valence-electron chi connectivity index (χ0n) is 9.89.